The number of hydrogen-bond donors (Lipinski definition) is 0. The first kappa shape index (κ1) is 6.68. The minimum atomic E-state index is -0.954. The molecule has 0 saturated carbocycles. The topological polar surface area (TPSA) is 0 Å². The van der Waals surface area contributed by atoms with Crippen LogP contribution in [-0.2, 0) is 0 Å². The highest BCUT2D eigenvalue weighted by Gasteiger charge is 2.02. The molecule has 1 rings (SSSR count). The van der Waals surface area contributed by atoms with Gasteiger partial charge in [0.2, 0.25) is 0 Å². The Morgan fingerprint density at radius 3 is 2.56 bits per heavy atom. The number of rotatable bonds is 0. The Labute approximate surface area is 59.6 Å². The van der Waals surface area contributed by atoms with Gasteiger partial charge in [0.15, 0.2) is 11.6 Å². The third-order valence-corrected chi connectivity index (χ3v) is 1.45. The highest BCUT2D eigenvalue weighted by molar-refractivity contribution is 9.10. The Bertz CT molecular complexity index is 202. The zero-order valence-corrected chi connectivity index (χ0v) is 5.87. The Kier molecular flexibility index (Phi) is 1.81. The van der Waals surface area contributed by atoms with Crippen LogP contribution in [0, 0.1) is 17.7 Å². The van der Waals surface area contributed by atoms with Crippen LogP contribution < -0.4 is 0 Å². The fraction of sp³-hybridized carbons (Fsp3) is 0. The summed E-state index contributed by atoms with van der Waals surface area (Å²) < 4.78 is 24.5. The largest absolute Gasteiger partial charge is 0.203 e. The molecule has 0 bridgehead atoms. The fourth-order valence-corrected chi connectivity index (χ4v) is 0.736. The van der Waals surface area contributed by atoms with Gasteiger partial charge in [0, 0.05) is 6.07 Å². The molecule has 1 aromatic carbocycles. The normalized spacial score (nSPS) is 9.67. The maximum Gasteiger partial charge on any atom is 0.173 e. The predicted molar refractivity (Wildman–Crippen MR) is 32.9 cm³/mol. The van der Waals surface area contributed by atoms with Crippen LogP contribution in [0.4, 0.5) is 8.78 Å². The average Bonchev–Trinajstić information content (AvgIpc) is 1.83. The molecule has 3 heteroatoms. The van der Waals surface area contributed by atoms with Crippen molar-refractivity contribution < 1.29 is 8.78 Å². The molecule has 47 valence electrons. The van der Waals surface area contributed by atoms with Crippen LogP contribution in [0.1, 0.15) is 0 Å². The van der Waals surface area contributed by atoms with Gasteiger partial charge in [-0.1, -0.05) is 0 Å². The first-order valence-electron chi connectivity index (χ1n) is 2.23. The highest BCUT2D eigenvalue weighted by atomic mass is 79.9. The third-order valence-electron chi connectivity index (χ3n) is 0.842. The summed E-state index contributed by atoms with van der Waals surface area (Å²) in [7, 11) is 0. The van der Waals surface area contributed by atoms with Crippen LogP contribution in [0.15, 0.2) is 16.6 Å². The molecule has 0 aliphatic carbocycles. The Morgan fingerprint density at radius 2 is 2.11 bits per heavy atom. The summed E-state index contributed by atoms with van der Waals surface area (Å²) in [5, 5.41) is 0. The number of hydrogen-bond acceptors (Lipinski definition) is 0. The maximum absolute atomic E-state index is 12.3. The summed E-state index contributed by atoms with van der Waals surface area (Å²) in [5.41, 5.74) is 0. The van der Waals surface area contributed by atoms with Crippen molar-refractivity contribution in [2.75, 3.05) is 0 Å². The Morgan fingerprint density at radius 1 is 1.44 bits per heavy atom. The molecule has 0 saturated heterocycles. The highest BCUT2D eigenvalue weighted by Crippen LogP contribution is 2.15. The van der Waals surface area contributed by atoms with Crippen molar-refractivity contribution in [3.63, 3.8) is 0 Å². The molecule has 0 amide bonds. The zero-order valence-electron chi connectivity index (χ0n) is 4.29. The lowest BCUT2D eigenvalue weighted by atomic mass is 10.3. The van der Waals surface area contributed by atoms with Crippen molar-refractivity contribution >= 4 is 15.9 Å². The lowest BCUT2D eigenvalue weighted by Crippen LogP contribution is -1.82. The molecule has 1 radical (unpaired) electrons. The molecule has 0 unspecified atom stereocenters. The van der Waals surface area contributed by atoms with E-state index < -0.39 is 11.6 Å². The molecule has 0 atom stereocenters. The van der Waals surface area contributed by atoms with E-state index in [1.165, 1.54) is 12.1 Å². The van der Waals surface area contributed by atoms with Gasteiger partial charge in [-0.25, -0.2) is 8.78 Å². The Balaban J connectivity index is 3.25. The van der Waals surface area contributed by atoms with E-state index in [4.69, 9.17) is 0 Å². The van der Waals surface area contributed by atoms with Crippen molar-refractivity contribution in [1.29, 1.82) is 0 Å². The second-order valence-corrected chi connectivity index (χ2v) is 2.31. The predicted octanol–water partition coefficient (Wildman–Crippen LogP) is 2.53. The van der Waals surface area contributed by atoms with Crippen LogP contribution in [-0.4, -0.2) is 0 Å². The SMILES string of the molecule is Fc1[c]ccc(Br)c1F. The van der Waals surface area contributed by atoms with Gasteiger partial charge >= 0.3 is 0 Å². The first-order chi connectivity index (χ1) is 4.22. The second-order valence-electron chi connectivity index (χ2n) is 1.45. The molecule has 0 fully saturated rings. The van der Waals surface area contributed by atoms with Gasteiger partial charge in [-0.15, -0.1) is 0 Å². The minimum absolute atomic E-state index is 0.124. The van der Waals surface area contributed by atoms with Crippen molar-refractivity contribution in [2.45, 2.75) is 0 Å². The molecule has 0 nitrogen and oxygen atoms in total. The smallest absolute Gasteiger partial charge is 0.173 e. The molecule has 0 aliphatic heterocycles. The van der Waals surface area contributed by atoms with E-state index in [-0.39, 0.29) is 4.47 Å². The average molecular weight is 192 g/mol. The monoisotopic (exact) mass is 191 g/mol. The molecule has 0 spiro atoms. The van der Waals surface area contributed by atoms with Crippen molar-refractivity contribution in [1.82, 2.24) is 0 Å². The van der Waals surface area contributed by atoms with Crippen LogP contribution in [0.25, 0.3) is 0 Å². The molecule has 0 aliphatic rings. The molecule has 0 aromatic heterocycles. The zero-order chi connectivity index (χ0) is 6.85. The summed E-state index contributed by atoms with van der Waals surface area (Å²) in [6, 6.07) is 4.76. The van der Waals surface area contributed by atoms with Crippen LogP contribution in [0.5, 0.6) is 0 Å². The van der Waals surface area contributed by atoms with Gasteiger partial charge in [-0.3, -0.25) is 0 Å². The molecule has 0 heterocycles. The van der Waals surface area contributed by atoms with Crippen LogP contribution >= 0.6 is 15.9 Å². The number of halogens is 3. The van der Waals surface area contributed by atoms with Crippen LogP contribution in [0.3, 0.4) is 0 Å². The van der Waals surface area contributed by atoms with E-state index in [9.17, 15) is 8.78 Å². The van der Waals surface area contributed by atoms with E-state index in [2.05, 4.69) is 22.0 Å². The summed E-state index contributed by atoms with van der Waals surface area (Å²) >= 11 is 2.81. The van der Waals surface area contributed by atoms with Crippen molar-refractivity contribution in [2.24, 2.45) is 0 Å². The molecular formula is C6H2BrF2. The summed E-state index contributed by atoms with van der Waals surface area (Å²) in [6.07, 6.45) is 0. The summed E-state index contributed by atoms with van der Waals surface area (Å²) in [5.74, 6) is -1.85. The molecule has 1 aromatic rings. The van der Waals surface area contributed by atoms with Gasteiger partial charge in [-0.05, 0) is 28.1 Å². The van der Waals surface area contributed by atoms with Gasteiger partial charge in [0.05, 0.1) is 4.47 Å². The van der Waals surface area contributed by atoms with Gasteiger partial charge in [-0.2, -0.15) is 0 Å². The second kappa shape index (κ2) is 2.43. The van der Waals surface area contributed by atoms with Crippen molar-refractivity contribution in [3.05, 3.63) is 34.3 Å². The van der Waals surface area contributed by atoms with Crippen LogP contribution in [0.2, 0.25) is 0 Å². The number of benzene rings is 1. The van der Waals surface area contributed by atoms with E-state index in [1.807, 2.05) is 0 Å². The lowest BCUT2D eigenvalue weighted by Gasteiger charge is -1.91. The van der Waals surface area contributed by atoms with Gasteiger partial charge in [0.1, 0.15) is 0 Å². The fourth-order valence-electron chi connectivity index (χ4n) is 0.429. The standard InChI is InChI=1S/C6H2BrF2/c7-4-2-1-3-5(8)6(4)9/h1-2H. The molecular weight excluding hydrogens is 190 g/mol. The molecule has 0 N–H and O–H groups in total. The van der Waals surface area contributed by atoms with Gasteiger partial charge < -0.3 is 0 Å². The minimum Gasteiger partial charge on any atom is -0.203 e. The Hall–Kier alpha value is -0.440. The quantitative estimate of drug-likeness (QED) is 0.554. The lowest BCUT2D eigenvalue weighted by molar-refractivity contribution is 0.503. The summed E-state index contributed by atoms with van der Waals surface area (Å²) in [4.78, 5) is 0. The third kappa shape index (κ3) is 1.27. The maximum atomic E-state index is 12.3. The van der Waals surface area contributed by atoms with E-state index in [1.54, 1.807) is 0 Å². The van der Waals surface area contributed by atoms with Gasteiger partial charge in [0.25, 0.3) is 0 Å². The van der Waals surface area contributed by atoms with E-state index >= 15 is 0 Å². The van der Waals surface area contributed by atoms with Crippen molar-refractivity contribution in [3.8, 4) is 0 Å². The first-order valence-corrected chi connectivity index (χ1v) is 3.02. The van der Waals surface area contributed by atoms with E-state index in [0.29, 0.717) is 0 Å². The molecule has 9 heavy (non-hydrogen) atoms. The summed E-state index contributed by atoms with van der Waals surface area (Å²) in [6.45, 7) is 0. The van der Waals surface area contributed by atoms with E-state index in [0.717, 1.165) is 0 Å².